The van der Waals surface area contributed by atoms with Gasteiger partial charge in [-0.25, -0.2) is 0 Å². The highest BCUT2D eigenvalue weighted by Gasteiger charge is 2.02. The number of esters is 1. The lowest BCUT2D eigenvalue weighted by Crippen LogP contribution is -2.03. The van der Waals surface area contributed by atoms with Crippen LogP contribution in [0, 0.1) is 2.88 Å². The fourth-order valence-electron chi connectivity index (χ4n) is 1.29. The molecule has 0 atom stereocenters. The van der Waals surface area contributed by atoms with Crippen molar-refractivity contribution in [1.29, 1.82) is 0 Å². The first-order chi connectivity index (χ1) is 7.22. The lowest BCUT2D eigenvalue weighted by atomic mass is 10.2. The lowest BCUT2D eigenvalue weighted by Gasteiger charge is -2.00. The number of aryl methyl sites for hydroxylation is 1. The predicted molar refractivity (Wildman–Crippen MR) is 71.2 cm³/mol. The molecule has 1 aromatic rings. The Morgan fingerprint density at radius 3 is 2.87 bits per heavy atom. The van der Waals surface area contributed by atoms with Gasteiger partial charge in [0.1, 0.15) is 0 Å². The van der Waals surface area contributed by atoms with Crippen LogP contribution in [0.1, 0.15) is 31.1 Å². The minimum absolute atomic E-state index is 0.0711. The van der Waals surface area contributed by atoms with E-state index in [9.17, 15) is 4.79 Å². The molecular weight excluding hydrogens is 323 g/mol. The van der Waals surface area contributed by atoms with E-state index in [4.69, 9.17) is 4.74 Å². The second kappa shape index (κ2) is 7.22. The molecule has 1 heterocycles. The summed E-state index contributed by atoms with van der Waals surface area (Å²) in [7, 11) is 0. The molecule has 1 rings (SSSR count). The number of ether oxygens (including phenoxy) is 1. The summed E-state index contributed by atoms with van der Waals surface area (Å²) in [6.07, 6.45) is 3.62. The average Bonchev–Trinajstić information content (AvgIpc) is 2.60. The number of rotatable bonds is 6. The molecule has 0 aliphatic heterocycles. The fraction of sp³-hybridized carbons (Fsp3) is 0.545. The zero-order chi connectivity index (χ0) is 11.1. The maximum Gasteiger partial charge on any atom is 0.305 e. The van der Waals surface area contributed by atoms with Crippen LogP contribution < -0.4 is 0 Å². The highest BCUT2D eigenvalue weighted by atomic mass is 127. The first-order valence-corrected chi connectivity index (χ1v) is 7.01. The van der Waals surface area contributed by atoms with Crippen LogP contribution in [0.5, 0.6) is 0 Å². The van der Waals surface area contributed by atoms with Crippen LogP contribution >= 0.6 is 33.9 Å². The summed E-state index contributed by atoms with van der Waals surface area (Å²) in [6.45, 7) is 2.33. The van der Waals surface area contributed by atoms with Gasteiger partial charge in [0.2, 0.25) is 0 Å². The molecule has 2 nitrogen and oxygen atoms in total. The number of unbranched alkanes of at least 4 members (excludes halogenated alkanes) is 1. The molecule has 0 aromatic carbocycles. The molecule has 0 aliphatic rings. The van der Waals surface area contributed by atoms with Crippen molar-refractivity contribution in [3.05, 3.63) is 19.9 Å². The second-order valence-electron chi connectivity index (χ2n) is 3.22. The Kier molecular flexibility index (Phi) is 6.24. The summed E-state index contributed by atoms with van der Waals surface area (Å²) < 4.78 is 6.19. The average molecular weight is 338 g/mol. The molecule has 4 heteroatoms. The van der Waals surface area contributed by atoms with Crippen molar-refractivity contribution in [2.75, 3.05) is 6.61 Å². The summed E-state index contributed by atoms with van der Waals surface area (Å²) in [6, 6.07) is 4.29. The number of carbonyl (C=O) groups is 1. The summed E-state index contributed by atoms with van der Waals surface area (Å²) in [5.41, 5.74) is 0. The van der Waals surface area contributed by atoms with Crippen LogP contribution in [0.25, 0.3) is 0 Å². The van der Waals surface area contributed by atoms with Gasteiger partial charge in [0.15, 0.2) is 0 Å². The molecule has 0 amide bonds. The molecule has 0 bridgehead atoms. The third-order valence-corrected chi connectivity index (χ3v) is 3.94. The van der Waals surface area contributed by atoms with Crippen LogP contribution in [0.3, 0.4) is 0 Å². The normalized spacial score (nSPS) is 10.3. The highest BCUT2D eigenvalue weighted by molar-refractivity contribution is 14.1. The van der Waals surface area contributed by atoms with Gasteiger partial charge in [0.25, 0.3) is 0 Å². The molecular formula is C11H15IO2S. The van der Waals surface area contributed by atoms with Gasteiger partial charge in [-0.15, -0.1) is 11.3 Å². The molecule has 0 fully saturated rings. The van der Waals surface area contributed by atoms with Gasteiger partial charge in [-0.1, -0.05) is 0 Å². The van der Waals surface area contributed by atoms with Crippen LogP contribution in [0.15, 0.2) is 12.1 Å². The standard InChI is InChI=1S/C11H15IO2S/c1-2-14-11(13)6-4-3-5-9-7-8-10(12)15-9/h7-8H,2-6H2,1H3. The smallest absolute Gasteiger partial charge is 0.305 e. The van der Waals surface area contributed by atoms with Crippen molar-refractivity contribution in [2.24, 2.45) is 0 Å². The van der Waals surface area contributed by atoms with E-state index in [0.29, 0.717) is 13.0 Å². The number of halogens is 1. The van der Waals surface area contributed by atoms with Gasteiger partial charge >= 0.3 is 5.97 Å². The van der Waals surface area contributed by atoms with Crippen molar-refractivity contribution >= 4 is 39.9 Å². The van der Waals surface area contributed by atoms with E-state index in [2.05, 4.69) is 34.7 Å². The molecule has 0 saturated carbocycles. The topological polar surface area (TPSA) is 26.3 Å². The van der Waals surface area contributed by atoms with Crippen molar-refractivity contribution < 1.29 is 9.53 Å². The van der Waals surface area contributed by atoms with Gasteiger partial charge in [-0.3, -0.25) is 4.79 Å². The largest absolute Gasteiger partial charge is 0.466 e. The van der Waals surface area contributed by atoms with Crippen LogP contribution in [0.4, 0.5) is 0 Å². The molecule has 84 valence electrons. The first-order valence-electron chi connectivity index (χ1n) is 5.12. The summed E-state index contributed by atoms with van der Waals surface area (Å²) in [5.74, 6) is -0.0711. The van der Waals surface area contributed by atoms with E-state index in [1.165, 1.54) is 7.76 Å². The van der Waals surface area contributed by atoms with Crippen molar-refractivity contribution in [2.45, 2.75) is 32.6 Å². The summed E-state index contributed by atoms with van der Waals surface area (Å²) in [5, 5.41) is 0. The maximum absolute atomic E-state index is 11.0. The Balaban J connectivity index is 2.09. The molecule has 1 aromatic heterocycles. The zero-order valence-corrected chi connectivity index (χ0v) is 11.8. The summed E-state index contributed by atoms with van der Waals surface area (Å²) in [4.78, 5) is 12.4. The maximum atomic E-state index is 11.0. The van der Waals surface area contributed by atoms with E-state index < -0.39 is 0 Å². The van der Waals surface area contributed by atoms with E-state index in [0.717, 1.165) is 19.3 Å². The van der Waals surface area contributed by atoms with Crippen molar-refractivity contribution in [3.63, 3.8) is 0 Å². The molecule has 15 heavy (non-hydrogen) atoms. The van der Waals surface area contributed by atoms with Crippen molar-refractivity contribution in [3.8, 4) is 0 Å². The van der Waals surface area contributed by atoms with Crippen LogP contribution in [-0.4, -0.2) is 12.6 Å². The number of carbonyl (C=O) groups excluding carboxylic acids is 1. The van der Waals surface area contributed by atoms with Crippen molar-refractivity contribution in [1.82, 2.24) is 0 Å². The molecule has 0 radical (unpaired) electrons. The molecule has 0 N–H and O–H groups in total. The Bertz CT molecular complexity index is 309. The second-order valence-corrected chi connectivity index (χ2v) is 6.28. The number of thiophene rings is 1. The minimum Gasteiger partial charge on any atom is -0.466 e. The van der Waals surface area contributed by atoms with Gasteiger partial charge in [-0.2, -0.15) is 0 Å². The number of hydrogen-bond acceptors (Lipinski definition) is 3. The van der Waals surface area contributed by atoms with E-state index >= 15 is 0 Å². The SMILES string of the molecule is CCOC(=O)CCCCc1ccc(I)s1. The Labute approximate surface area is 108 Å². The van der Waals surface area contributed by atoms with E-state index in [1.807, 2.05) is 18.3 Å². The Morgan fingerprint density at radius 1 is 1.47 bits per heavy atom. The molecule has 0 spiro atoms. The van der Waals surface area contributed by atoms with Crippen LogP contribution in [0.2, 0.25) is 0 Å². The highest BCUT2D eigenvalue weighted by Crippen LogP contribution is 2.20. The van der Waals surface area contributed by atoms with E-state index in [-0.39, 0.29) is 5.97 Å². The molecule has 0 saturated heterocycles. The first kappa shape index (κ1) is 13.0. The summed E-state index contributed by atoms with van der Waals surface area (Å²) >= 11 is 4.15. The molecule has 0 aliphatic carbocycles. The minimum atomic E-state index is -0.0711. The van der Waals surface area contributed by atoms with Gasteiger partial charge < -0.3 is 4.74 Å². The zero-order valence-electron chi connectivity index (χ0n) is 8.79. The van der Waals surface area contributed by atoms with Gasteiger partial charge in [-0.05, 0) is 60.9 Å². The molecule has 0 unspecified atom stereocenters. The predicted octanol–water partition coefficient (Wildman–Crippen LogP) is 3.63. The van der Waals surface area contributed by atoms with Gasteiger partial charge in [0, 0.05) is 11.3 Å². The Hall–Kier alpha value is -0.100. The quantitative estimate of drug-likeness (QED) is 0.450. The monoisotopic (exact) mass is 338 g/mol. The fourth-order valence-corrected chi connectivity index (χ4v) is 3.09. The third kappa shape index (κ3) is 5.51. The van der Waals surface area contributed by atoms with E-state index in [1.54, 1.807) is 0 Å². The third-order valence-electron chi connectivity index (χ3n) is 1.99. The lowest BCUT2D eigenvalue weighted by molar-refractivity contribution is -0.143. The number of hydrogen-bond donors (Lipinski definition) is 0. The Morgan fingerprint density at radius 2 is 2.27 bits per heavy atom. The van der Waals surface area contributed by atoms with Gasteiger partial charge in [0.05, 0.1) is 9.49 Å². The van der Waals surface area contributed by atoms with Crippen LogP contribution in [-0.2, 0) is 16.0 Å².